The molecule has 0 aliphatic heterocycles. The summed E-state index contributed by atoms with van der Waals surface area (Å²) >= 11 is 0. The summed E-state index contributed by atoms with van der Waals surface area (Å²) in [6, 6.07) is 43.1. The van der Waals surface area contributed by atoms with Gasteiger partial charge < -0.3 is 14.0 Å². The Morgan fingerprint density at radius 2 is 1.53 bits per heavy atom. The minimum atomic E-state index is -2.18. The summed E-state index contributed by atoms with van der Waals surface area (Å²) in [7, 11) is 0. The summed E-state index contributed by atoms with van der Waals surface area (Å²) in [5.74, 6) is 0.769. The number of fused-ring (bicyclic) bond motifs is 2. The summed E-state index contributed by atoms with van der Waals surface area (Å²) in [6.07, 6.45) is 4.32. The van der Waals surface area contributed by atoms with Crippen molar-refractivity contribution in [1.29, 1.82) is 0 Å². The molecule has 0 saturated heterocycles. The number of aryl methyl sites for hydroxylation is 2. The van der Waals surface area contributed by atoms with Crippen LogP contribution in [-0.2, 0) is 20.1 Å². The molecule has 0 fully saturated rings. The van der Waals surface area contributed by atoms with Crippen LogP contribution in [0.1, 0.15) is 20.7 Å². The Morgan fingerprint density at radius 3 is 2.29 bits per heavy atom. The SMILES string of the molecule is [2H]C([2H])([2H])c1c[c-]c(-c2ccc(C([2H])([2H])[2H])cn2)cc1.[2H]c1ccc2c(-c3nc4ccccc4n3-c3ccc(-c4ccccc4)cc3)[c-]oc2c1.[Ir]. The molecule has 0 unspecified atom stereocenters. The van der Waals surface area contributed by atoms with Crippen molar-refractivity contribution in [2.75, 3.05) is 0 Å². The van der Waals surface area contributed by atoms with Gasteiger partial charge in [-0.1, -0.05) is 103 Å². The quantitative estimate of drug-likeness (QED) is 0.168. The Morgan fingerprint density at radius 1 is 0.756 bits per heavy atom. The number of aromatic nitrogens is 3. The van der Waals surface area contributed by atoms with Gasteiger partial charge in [-0.2, -0.15) is 0 Å². The number of rotatable bonds is 4. The average Bonchev–Trinajstić information content (AvgIpc) is 3.73. The first-order valence-electron chi connectivity index (χ1n) is 17.5. The number of nitrogens with zero attached hydrogens (tertiary/aromatic N) is 3. The summed E-state index contributed by atoms with van der Waals surface area (Å²) < 4.78 is 59.3. The molecule has 0 aliphatic carbocycles. The van der Waals surface area contributed by atoms with Crippen LogP contribution in [0.5, 0.6) is 0 Å². The molecule has 0 bridgehead atoms. The van der Waals surface area contributed by atoms with Crippen LogP contribution in [0.25, 0.3) is 61.5 Å². The van der Waals surface area contributed by atoms with Crippen LogP contribution in [0.4, 0.5) is 0 Å². The Hall–Kier alpha value is -5.09. The maximum atomic E-state index is 7.85. The smallest absolute Gasteiger partial charge is 0.0774 e. The third kappa shape index (κ3) is 6.27. The first-order chi connectivity index (χ1) is 24.5. The van der Waals surface area contributed by atoms with E-state index in [1.165, 1.54) is 35.5 Å². The van der Waals surface area contributed by atoms with Crippen molar-refractivity contribution in [3.63, 3.8) is 0 Å². The van der Waals surface area contributed by atoms with Gasteiger partial charge in [0.15, 0.2) is 0 Å². The molecule has 0 atom stereocenters. The van der Waals surface area contributed by atoms with Gasteiger partial charge in [-0.25, -0.2) is 0 Å². The first kappa shape index (κ1) is 22.4. The van der Waals surface area contributed by atoms with Gasteiger partial charge in [0, 0.05) is 52.1 Å². The van der Waals surface area contributed by atoms with Crippen molar-refractivity contribution in [1.82, 2.24) is 14.5 Å². The van der Waals surface area contributed by atoms with Gasteiger partial charge in [0.2, 0.25) is 0 Å². The fourth-order valence-corrected chi connectivity index (χ4v) is 5.06. The molecule has 0 aliphatic rings. The molecule has 0 spiro atoms. The number of furan rings is 1. The van der Waals surface area contributed by atoms with Gasteiger partial charge in [0.1, 0.15) is 0 Å². The van der Waals surface area contributed by atoms with E-state index in [9.17, 15) is 0 Å². The van der Waals surface area contributed by atoms with Crippen LogP contribution < -0.4 is 0 Å². The molecule has 5 aromatic carbocycles. The van der Waals surface area contributed by atoms with Crippen molar-refractivity contribution in [2.45, 2.75) is 13.7 Å². The number of pyridine rings is 1. The Balaban J connectivity index is 0.000000193. The Labute approximate surface area is 286 Å². The molecule has 3 heterocycles. The van der Waals surface area contributed by atoms with Crippen LogP contribution >= 0.6 is 0 Å². The third-order valence-corrected chi connectivity index (χ3v) is 7.23. The van der Waals surface area contributed by atoms with E-state index in [-0.39, 0.29) is 31.2 Å². The Kier molecular flexibility index (Phi) is 6.61. The van der Waals surface area contributed by atoms with Crippen LogP contribution in [0.3, 0.4) is 0 Å². The number of hydrogen-bond donors (Lipinski definition) is 0. The maximum Gasteiger partial charge on any atom is 0.0774 e. The van der Waals surface area contributed by atoms with E-state index in [0.717, 1.165) is 33.5 Å². The second kappa shape index (κ2) is 13.3. The molecule has 0 amide bonds. The minimum Gasteiger partial charge on any atom is -0.557 e. The second-order valence-corrected chi connectivity index (χ2v) is 10.1. The topological polar surface area (TPSA) is 43.9 Å². The molecule has 1 radical (unpaired) electrons. The Bertz CT molecular complexity index is 2380. The van der Waals surface area contributed by atoms with E-state index in [2.05, 4.69) is 64.3 Å². The number of imidazole rings is 1. The van der Waals surface area contributed by atoms with E-state index >= 15 is 0 Å². The molecule has 5 heteroatoms. The number of hydrogen-bond acceptors (Lipinski definition) is 3. The van der Waals surface area contributed by atoms with Crippen molar-refractivity contribution in [3.05, 3.63) is 163 Å². The fraction of sp³-hybridized carbons (Fsp3) is 0.0500. The molecule has 0 saturated carbocycles. The van der Waals surface area contributed by atoms with Crippen LogP contribution in [-0.4, -0.2) is 14.5 Å². The van der Waals surface area contributed by atoms with Crippen LogP contribution in [0.15, 0.2) is 144 Å². The van der Waals surface area contributed by atoms with Gasteiger partial charge in [-0.05, 0) is 53.5 Å². The minimum absolute atomic E-state index is 0. The van der Waals surface area contributed by atoms with Crippen molar-refractivity contribution in [3.8, 4) is 39.5 Å². The van der Waals surface area contributed by atoms with Gasteiger partial charge in [-0.3, -0.25) is 4.98 Å². The van der Waals surface area contributed by atoms with E-state index in [1.54, 1.807) is 24.3 Å². The molecule has 0 N–H and O–H groups in total. The zero-order valence-electron chi connectivity index (χ0n) is 30.8. The molecule has 3 aromatic heterocycles. The fourth-order valence-electron chi connectivity index (χ4n) is 5.06. The average molecular weight is 767 g/mol. The standard InChI is InChI=1S/C27H17N2O.C13H12N.Ir/c1-2-8-19(9-3-1)20-14-16-21(17-15-20)29-25-12-6-5-11-24(25)28-27(29)23-18-30-26-13-7-4-10-22(23)26;1-10-3-6-12(7-4-10)13-8-5-11(2)9-14-13;/h1-17H;3-6,8-9H,1-2H3;/q2*-1;/i7D;1D3,2D3;. The molecule has 8 rings (SSSR count). The van der Waals surface area contributed by atoms with Crippen molar-refractivity contribution >= 4 is 22.0 Å². The molecule has 221 valence electrons. The van der Waals surface area contributed by atoms with Gasteiger partial charge in [-0.15, -0.1) is 41.5 Å². The number of benzene rings is 5. The largest absolute Gasteiger partial charge is 0.557 e. The molecule has 8 aromatic rings. The monoisotopic (exact) mass is 767 g/mol. The third-order valence-electron chi connectivity index (χ3n) is 7.23. The van der Waals surface area contributed by atoms with Crippen molar-refractivity contribution in [2.24, 2.45) is 0 Å². The van der Waals surface area contributed by atoms with Crippen LogP contribution in [0, 0.1) is 26.0 Å². The first-order valence-corrected chi connectivity index (χ1v) is 14.0. The molecule has 45 heavy (non-hydrogen) atoms. The second-order valence-electron chi connectivity index (χ2n) is 10.1. The summed E-state index contributed by atoms with van der Waals surface area (Å²) in [5, 5.41) is 0.897. The van der Waals surface area contributed by atoms with Gasteiger partial charge in [0.05, 0.1) is 18.2 Å². The zero-order chi connectivity index (χ0) is 35.8. The number of para-hydroxylation sites is 3. The van der Waals surface area contributed by atoms with Crippen molar-refractivity contribution < 1.29 is 34.1 Å². The summed E-state index contributed by atoms with van der Waals surface area (Å²) in [5.41, 5.74) is 8.27. The molecular weight excluding hydrogens is 731 g/mol. The predicted molar refractivity (Wildman–Crippen MR) is 179 cm³/mol. The van der Waals surface area contributed by atoms with Gasteiger partial charge in [0.25, 0.3) is 0 Å². The summed E-state index contributed by atoms with van der Waals surface area (Å²) in [6.45, 7) is -4.34. The van der Waals surface area contributed by atoms with Gasteiger partial charge >= 0.3 is 0 Å². The maximum absolute atomic E-state index is 7.85. The van der Waals surface area contributed by atoms with E-state index in [1.807, 2.05) is 42.5 Å². The molecular formula is C40H29IrN3O-2. The predicted octanol–water partition coefficient (Wildman–Crippen LogP) is 10.1. The summed E-state index contributed by atoms with van der Waals surface area (Å²) in [4.78, 5) is 8.98. The zero-order valence-corrected chi connectivity index (χ0v) is 26.2. The van der Waals surface area contributed by atoms with E-state index in [0.29, 0.717) is 22.9 Å². The normalized spacial score (nSPS) is 13.6. The molecule has 4 nitrogen and oxygen atoms in total. The van der Waals surface area contributed by atoms with E-state index in [4.69, 9.17) is 19.0 Å². The van der Waals surface area contributed by atoms with Crippen LogP contribution in [0.2, 0.25) is 0 Å². The van der Waals surface area contributed by atoms with E-state index < -0.39 is 13.7 Å².